The zero-order valence-corrected chi connectivity index (χ0v) is 27.5. The second-order valence-electron chi connectivity index (χ2n) is 12.2. The van der Waals surface area contributed by atoms with Gasteiger partial charge in [0.15, 0.2) is 9.84 Å². The van der Waals surface area contributed by atoms with Gasteiger partial charge in [-0.05, 0) is 101 Å². The lowest BCUT2D eigenvalue weighted by Crippen LogP contribution is -2.45. The minimum absolute atomic E-state index is 0.0522. The Morgan fingerprint density at radius 2 is 1.59 bits per heavy atom. The lowest BCUT2D eigenvalue weighted by molar-refractivity contribution is -0.133. The van der Waals surface area contributed by atoms with E-state index in [0.29, 0.717) is 81.5 Å². The van der Waals surface area contributed by atoms with Gasteiger partial charge in [-0.15, -0.1) is 0 Å². The van der Waals surface area contributed by atoms with Gasteiger partial charge in [0.1, 0.15) is 0 Å². The predicted molar refractivity (Wildman–Crippen MR) is 174 cm³/mol. The fraction of sp³-hybridized carbons (Fsp3) is 0.576. The number of hydrogen-bond acceptors (Lipinski definition) is 7. The molecule has 2 aromatic carbocycles. The molecule has 3 aliphatic heterocycles. The van der Waals surface area contributed by atoms with Crippen LogP contribution in [0.5, 0.6) is 0 Å². The summed E-state index contributed by atoms with van der Waals surface area (Å²) in [6, 6.07) is 13.1. The van der Waals surface area contributed by atoms with Crippen LogP contribution in [0.1, 0.15) is 44.6 Å². The number of sulfone groups is 1. The van der Waals surface area contributed by atoms with E-state index in [2.05, 4.69) is 9.80 Å². The molecule has 0 bridgehead atoms. The van der Waals surface area contributed by atoms with E-state index < -0.39 is 9.84 Å². The number of likely N-dealkylation sites (tertiary alicyclic amines) is 2. The largest absolute Gasteiger partial charge is 0.378 e. The van der Waals surface area contributed by atoms with E-state index in [-0.39, 0.29) is 23.0 Å². The van der Waals surface area contributed by atoms with Crippen molar-refractivity contribution in [3.05, 3.63) is 53.1 Å². The summed E-state index contributed by atoms with van der Waals surface area (Å²) in [4.78, 5) is 34.1. The highest BCUT2D eigenvalue weighted by molar-refractivity contribution is 7.92. The number of carbonyl (C=O) groups excluding carboxylic acids is 2. The minimum atomic E-state index is -3.40. The molecule has 240 valence electrons. The minimum Gasteiger partial charge on any atom is -0.378 e. The monoisotopic (exact) mass is 644 g/mol. The van der Waals surface area contributed by atoms with Gasteiger partial charge in [-0.25, -0.2) is 8.42 Å². The van der Waals surface area contributed by atoms with E-state index in [1.165, 1.54) is 0 Å². The number of hydrogen-bond donors (Lipinski definition) is 0. The maximum absolute atomic E-state index is 13.7. The third kappa shape index (κ3) is 7.76. The standard InChI is InChI=1S/C33H45ClN4O5S/c1-25-4-5-29(24-32(25)34)38(33(40)27-10-18-36(19-11-27)26(2)39)15-3-14-35-16-12-31(13-17-35)44(41,42)30-8-6-28(7-9-30)37-20-22-43-23-21-37/h4-9,24,27,31H,3,10-23H2,1-2H3. The normalized spacial score (nSPS) is 19.2. The van der Waals surface area contributed by atoms with E-state index in [9.17, 15) is 18.0 Å². The van der Waals surface area contributed by atoms with Crippen LogP contribution in [0.4, 0.5) is 11.4 Å². The van der Waals surface area contributed by atoms with Crippen LogP contribution in [0.3, 0.4) is 0 Å². The van der Waals surface area contributed by atoms with Crippen LogP contribution >= 0.6 is 11.6 Å². The molecule has 3 saturated heterocycles. The lowest BCUT2D eigenvalue weighted by Gasteiger charge is -2.35. The summed E-state index contributed by atoms with van der Waals surface area (Å²) in [5.41, 5.74) is 2.79. The Balaban J connectivity index is 1.15. The average Bonchev–Trinajstić information content (AvgIpc) is 3.05. The van der Waals surface area contributed by atoms with Gasteiger partial charge in [0.25, 0.3) is 0 Å². The summed E-state index contributed by atoms with van der Waals surface area (Å²) in [7, 11) is -3.40. The summed E-state index contributed by atoms with van der Waals surface area (Å²) in [6.07, 6.45) is 3.28. The van der Waals surface area contributed by atoms with Gasteiger partial charge in [-0.3, -0.25) is 9.59 Å². The van der Waals surface area contributed by atoms with Crippen molar-refractivity contribution in [3.8, 4) is 0 Å². The van der Waals surface area contributed by atoms with E-state index in [4.69, 9.17) is 16.3 Å². The van der Waals surface area contributed by atoms with Gasteiger partial charge in [0.2, 0.25) is 11.8 Å². The number of aryl methyl sites for hydroxylation is 1. The molecule has 0 unspecified atom stereocenters. The molecular weight excluding hydrogens is 600 g/mol. The topological polar surface area (TPSA) is 90.5 Å². The highest BCUT2D eigenvalue weighted by Crippen LogP contribution is 2.29. The number of piperidine rings is 2. The molecule has 0 aromatic heterocycles. The Kier molecular flexibility index (Phi) is 10.9. The number of benzene rings is 2. The van der Waals surface area contributed by atoms with E-state index in [0.717, 1.165) is 43.0 Å². The highest BCUT2D eigenvalue weighted by atomic mass is 35.5. The third-order valence-corrected chi connectivity index (χ3v) is 12.1. The Morgan fingerprint density at radius 1 is 0.932 bits per heavy atom. The highest BCUT2D eigenvalue weighted by Gasteiger charge is 2.33. The molecule has 0 saturated carbocycles. The number of ether oxygens (including phenoxy) is 1. The SMILES string of the molecule is CC(=O)N1CCC(C(=O)N(CCCN2CCC(S(=O)(=O)c3ccc(N4CCOCC4)cc3)CC2)c2ccc(C)c(Cl)c2)CC1. The second kappa shape index (κ2) is 14.6. The molecule has 2 aromatic rings. The number of rotatable bonds is 9. The van der Waals surface area contributed by atoms with Crippen LogP contribution in [-0.4, -0.2) is 101 Å². The number of morpholine rings is 1. The van der Waals surface area contributed by atoms with Gasteiger partial charge in [-0.1, -0.05) is 17.7 Å². The van der Waals surface area contributed by atoms with Crippen molar-refractivity contribution in [3.63, 3.8) is 0 Å². The van der Waals surface area contributed by atoms with E-state index in [1.54, 1.807) is 24.0 Å². The van der Waals surface area contributed by atoms with Crippen molar-refractivity contribution in [2.75, 3.05) is 75.4 Å². The van der Waals surface area contributed by atoms with Crippen molar-refractivity contribution in [2.24, 2.45) is 5.92 Å². The van der Waals surface area contributed by atoms with Crippen LogP contribution in [0.2, 0.25) is 5.02 Å². The van der Waals surface area contributed by atoms with Crippen molar-refractivity contribution in [1.29, 1.82) is 0 Å². The van der Waals surface area contributed by atoms with Crippen molar-refractivity contribution in [1.82, 2.24) is 9.80 Å². The van der Waals surface area contributed by atoms with Gasteiger partial charge in [0.05, 0.1) is 23.4 Å². The summed E-state index contributed by atoms with van der Waals surface area (Å²) in [6.45, 7) is 10.5. The summed E-state index contributed by atoms with van der Waals surface area (Å²) in [5, 5.41) is 0.243. The van der Waals surface area contributed by atoms with Gasteiger partial charge in [0, 0.05) is 62.0 Å². The van der Waals surface area contributed by atoms with Gasteiger partial charge >= 0.3 is 0 Å². The van der Waals surface area contributed by atoms with Crippen LogP contribution in [0.25, 0.3) is 0 Å². The average molecular weight is 645 g/mol. The molecule has 9 nitrogen and oxygen atoms in total. The summed E-state index contributed by atoms with van der Waals surface area (Å²) < 4.78 is 32.3. The first-order chi connectivity index (χ1) is 21.1. The number of halogens is 1. The maximum atomic E-state index is 13.7. The van der Waals surface area contributed by atoms with Crippen LogP contribution in [0.15, 0.2) is 47.4 Å². The molecule has 0 radical (unpaired) electrons. The Morgan fingerprint density at radius 3 is 2.20 bits per heavy atom. The number of anilines is 2. The molecule has 0 N–H and O–H groups in total. The molecule has 0 atom stereocenters. The Hall–Kier alpha value is -2.66. The molecule has 0 spiro atoms. The zero-order valence-electron chi connectivity index (χ0n) is 25.9. The van der Waals surface area contributed by atoms with Gasteiger partial charge < -0.3 is 24.3 Å². The van der Waals surface area contributed by atoms with Crippen molar-refractivity contribution < 1.29 is 22.7 Å². The molecular formula is C33H45ClN4O5S. The first-order valence-corrected chi connectivity index (χ1v) is 17.8. The smallest absolute Gasteiger partial charge is 0.230 e. The fourth-order valence-corrected chi connectivity index (χ4v) is 8.44. The second-order valence-corrected chi connectivity index (χ2v) is 14.9. The molecule has 5 rings (SSSR count). The quantitative estimate of drug-likeness (QED) is 0.400. The van der Waals surface area contributed by atoms with Crippen molar-refractivity contribution >= 4 is 44.6 Å². The summed E-state index contributed by atoms with van der Waals surface area (Å²) in [5.74, 6) is 0.00320. The first kappa shape index (κ1) is 32.7. The molecule has 3 heterocycles. The predicted octanol–water partition coefficient (Wildman–Crippen LogP) is 4.40. The molecule has 3 aliphatic rings. The lowest BCUT2D eigenvalue weighted by atomic mass is 9.94. The van der Waals surface area contributed by atoms with Crippen LogP contribution in [-0.2, 0) is 24.2 Å². The Labute approximate surface area is 267 Å². The number of amides is 2. The van der Waals surface area contributed by atoms with E-state index in [1.807, 2.05) is 42.2 Å². The summed E-state index contributed by atoms with van der Waals surface area (Å²) >= 11 is 6.45. The molecule has 44 heavy (non-hydrogen) atoms. The zero-order chi connectivity index (χ0) is 31.3. The fourth-order valence-electron chi connectivity index (χ4n) is 6.53. The molecule has 0 aliphatic carbocycles. The maximum Gasteiger partial charge on any atom is 0.230 e. The molecule has 2 amide bonds. The van der Waals surface area contributed by atoms with Crippen LogP contribution < -0.4 is 9.80 Å². The Bertz CT molecular complexity index is 1400. The van der Waals surface area contributed by atoms with E-state index >= 15 is 0 Å². The molecule has 11 heteroatoms. The van der Waals surface area contributed by atoms with Gasteiger partial charge in [-0.2, -0.15) is 0 Å². The van der Waals surface area contributed by atoms with Crippen molar-refractivity contribution in [2.45, 2.75) is 56.1 Å². The number of carbonyl (C=O) groups is 2. The van der Waals surface area contributed by atoms with Crippen LogP contribution in [0, 0.1) is 12.8 Å². The molecule has 3 fully saturated rings. The first-order valence-electron chi connectivity index (χ1n) is 15.9. The third-order valence-electron chi connectivity index (χ3n) is 9.39. The number of nitrogens with zero attached hydrogens (tertiary/aromatic N) is 4.